The second-order valence-electron chi connectivity index (χ2n) is 6.91. The van der Waals surface area contributed by atoms with Gasteiger partial charge in [0.1, 0.15) is 0 Å². The molecule has 0 radical (unpaired) electrons. The van der Waals surface area contributed by atoms with Gasteiger partial charge in [0.25, 0.3) is 5.91 Å². The number of amides is 1. The molecule has 0 bridgehead atoms. The maximum Gasteiger partial charge on any atom is 0.251 e. The van der Waals surface area contributed by atoms with Crippen LogP contribution in [0.15, 0.2) is 36.5 Å². The number of carbonyl (C=O) groups excluding carboxylic acids is 1. The van der Waals surface area contributed by atoms with E-state index in [0.717, 1.165) is 29.8 Å². The maximum absolute atomic E-state index is 12.6. The minimum absolute atomic E-state index is 0.00941. The number of benzene rings is 1. The third kappa shape index (κ3) is 4.46. The normalized spacial score (nSPS) is 19.9. The summed E-state index contributed by atoms with van der Waals surface area (Å²) in [5, 5.41) is 3.11. The Kier molecular flexibility index (Phi) is 6.08. The Labute approximate surface area is 160 Å². The van der Waals surface area contributed by atoms with Crippen molar-refractivity contribution in [2.75, 3.05) is 33.9 Å². The van der Waals surface area contributed by atoms with Crippen LogP contribution in [0.5, 0.6) is 5.88 Å². The zero-order chi connectivity index (χ0) is 19.4. The number of ether oxygens (including phenoxy) is 2. The lowest BCUT2D eigenvalue weighted by molar-refractivity contribution is 0.0513. The van der Waals surface area contributed by atoms with Gasteiger partial charge in [-0.3, -0.25) is 4.79 Å². The quantitative estimate of drug-likeness (QED) is 0.848. The van der Waals surface area contributed by atoms with Crippen molar-refractivity contribution in [1.82, 2.24) is 15.2 Å². The molecule has 1 aliphatic rings. The Hall–Kier alpha value is -2.44. The molecular formula is C21H27N3O3. The first-order chi connectivity index (χ1) is 13.0. The van der Waals surface area contributed by atoms with Crippen LogP contribution in [0.4, 0.5) is 0 Å². The minimum atomic E-state index is -0.0730. The summed E-state index contributed by atoms with van der Waals surface area (Å²) < 4.78 is 10.9. The smallest absolute Gasteiger partial charge is 0.251 e. The van der Waals surface area contributed by atoms with E-state index in [1.54, 1.807) is 13.3 Å². The Morgan fingerprint density at radius 1 is 1.30 bits per heavy atom. The lowest BCUT2D eigenvalue weighted by Gasteiger charge is -2.19. The number of nitrogens with zero attached hydrogens (tertiary/aromatic N) is 2. The van der Waals surface area contributed by atoms with Crippen LogP contribution in [0.2, 0.25) is 0 Å². The molecule has 2 unspecified atom stereocenters. The van der Waals surface area contributed by atoms with Crippen LogP contribution in [-0.4, -0.2) is 61.8 Å². The zero-order valence-electron chi connectivity index (χ0n) is 16.4. The summed E-state index contributed by atoms with van der Waals surface area (Å²) in [4.78, 5) is 19.1. The predicted octanol–water partition coefficient (Wildman–Crippen LogP) is 2.51. The van der Waals surface area contributed by atoms with Gasteiger partial charge in [-0.05, 0) is 44.2 Å². The number of pyridine rings is 1. The number of aryl methyl sites for hydroxylation is 1. The van der Waals surface area contributed by atoms with E-state index in [2.05, 4.69) is 15.2 Å². The van der Waals surface area contributed by atoms with Crippen LogP contribution < -0.4 is 10.1 Å². The van der Waals surface area contributed by atoms with Gasteiger partial charge in [-0.1, -0.05) is 12.1 Å². The van der Waals surface area contributed by atoms with Gasteiger partial charge < -0.3 is 19.7 Å². The van der Waals surface area contributed by atoms with Gasteiger partial charge in [-0.2, -0.15) is 0 Å². The van der Waals surface area contributed by atoms with Crippen molar-refractivity contribution < 1.29 is 14.3 Å². The summed E-state index contributed by atoms with van der Waals surface area (Å²) in [6, 6.07) is 9.51. The van der Waals surface area contributed by atoms with Crippen LogP contribution in [0.3, 0.4) is 0 Å². The molecule has 2 heterocycles. The second kappa shape index (κ2) is 8.50. The van der Waals surface area contributed by atoms with Gasteiger partial charge in [0.15, 0.2) is 0 Å². The number of hydrogen-bond donors (Lipinski definition) is 1. The Morgan fingerprint density at radius 3 is 2.67 bits per heavy atom. The molecule has 1 aromatic heterocycles. The Balaban J connectivity index is 1.70. The summed E-state index contributed by atoms with van der Waals surface area (Å²) in [6.45, 7) is 6.28. The number of carbonyl (C=O) groups is 1. The van der Waals surface area contributed by atoms with Crippen molar-refractivity contribution in [3.8, 4) is 17.0 Å². The highest BCUT2D eigenvalue weighted by atomic mass is 16.5. The van der Waals surface area contributed by atoms with Gasteiger partial charge in [-0.15, -0.1) is 0 Å². The molecule has 1 saturated heterocycles. The number of likely N-dealkylation sites (tertiary alicyclic amines) is 1. The van der Waals surface area contributed by atoms with Crippen molar-refractivity contribution in [2.45, 2.75) is 26.0 Å². The fourth-order valence-corrected chi connectivity index (χ4v) is 3.48. The fourth-order valence-electron chi connectivity index (χ4n) is 3.48. The van der Waals surface area contributed by atoms with Crippen molar-refractivity contribution in [2.24, 2.45) is 0 Å². The van der Waals surface area contributed by atoms with Gasteiger partial charge in [-0.25, -0.2) is 4.98 Å². The number of hydrogen-bond acceptors (Lipinski definition) is 5. The van der Waals surface area contributed by atoms with Crippen LogP contribution in [0.25, 0.3) is 11.1 Å². The molecule has 1 N–H and O–H groups in total. The summed E-state index contributed by atoms with van der Waals surface area (Å²) in [5.41, 5.74) is 3.76. The van der Waals surface area contributed by atoms with E-state index >= 15 is 0 Å². The number of likely N-dealkylation sites (N-methyl/N-ethyl adjacent to an activating group) is 1. The van der Waals surface area contributed by atoms with Crippen LogP contribution in [0, 0.1) is 6.92 Å². The van der Waals surface area contributed by atoms with Gasteiger partial charge in [0.2, 0.25) is 5.88 Å². The van der Waals surface area contributed by atoms with E-state index in [9.17, 15) is 4.79 Å². The van der Waals surface area contributed by atoms with Crippen LogP contribution in [-0.2, 0) is 4.74 Å². The molecule has 1 aromatic carbocycles. The standard InChI is InChI=1S/C21H27N3O3/c1-5-27-19-13-24(3)12-18(19)23-21(25)16-8-6-15(7-9-16)17-11-22-20(26-4)10-14(17)2/h6-11,18-19H,5,12-13H2,1-4H3,(H,23,25). The summed E-state index contributed by atoms with van der Waals surface area (Å²) >= 11 is 0. The molecule has 0 aliphatic carbocycles. The van der Waals surface area contributed by atoms with Crippen molar-refractivity contribution >= 4 is 5.91 Å². The van der Waals surface area contributed by atoms with Crippen LogP contribution in [0.1, 0.15) is 22.8 Å². The lowest BCUT2D eigenvalue weighted by Crippen LogP contribution is -2.43. The molecule has 1 amide bonds. The summed E-state index contributed by atoms with van der Waals surface area (Å²) in [7, 11) is 3.64. The first-order valence-electron chi connectivity index (χ1n) is 9.24. The van der Waals surface area contributed by atoms with E-state index in [1.165, 1.54) is 0 Å². The summed E-state index contributed by atoms with van der Waals surface area (Å²) in [5.74, 6) is 0.522. The molecule has 1 fully saturated rings. The SMILES string of the molecule is CCOC1CN(C)CC1NC(=O)c1ccc(-c2cnc(OC)cc2C)cc1. The third-order valence-electron chi connectivity index (χ3n) is 4.90. The molecule has 0 spiro atoms. The van der Waals surface area contributed by atoms with E-state index in [0.29, 0.717) is 18.1 Å². The molecular weight excluding hydrogens is 342 g/mol. The zero-order valence-corrected chi connectivity index (χ0v) is 16.4. The molecule has 0 saturated carbocycles. The highest BCUT2D eigenvalue weighted by Gasteiger charge is 2.32. The number of rotatable bonds is 6. The van der Waals surface area contributed by atoms with Crippen molar-refractivity contribution in [3.63, 3.8) is 0 Å². The highest BCUT2D eigenvalue weighted by molar-refractivity contribution is 5.95. The Bertz CT molecular complexity index is 792. The van der Waals surface area contributed by atoms with Gasteiger partial charge in [0, 0.05) is 43.1 Å². The average Bonchev–Trinajstić information content (AvgIpc) is 3.01. The van der Waals surface area contributed by atoms with E-state index < -0.39 is 0 Å². The van der Waals surface area contributed by atoms with Gasteiger partial charge >= 0.3 is 0 Å². The minimum Gasteiger partial charge on any atom is -0.481 e. The van der Waals surface area contributed by atoms with E-state index in [-0.39, 0.29) is 18.1 Å². The Morgan fingerprint density at radius 2 is 2.04 bits per heavy atom. The first kappa shape index (κ1) is 19.3. The lowest BCUT2D eigenvalue weighted by atomic mass is 10.0. The maximum atomic E-state index is 12.6. The third-order valence-corrected chi connectivity index (χ3v) is 4.90. The van der Waals surface area contributed by atoms with Crippen molar-refractivity contribution in [3.05, 3.63) is 47.7 Å². The predicted molar refractivity (Wildman–Crippen MR) is 105 cm³/mol. The number of aromatic nitrogens is 1. The summed E-state index contributed by atoms with van der Waals surface area (Å²) in [6.07, 6.45) is 1.83. The molecule has 144 valence electrons. The first-order valence-corrected chi connectivity index (χ1v) is 9.24. The number of methoxy groups -OCH3 is 1. The molecule has 2 aromatic rings. The molecule has 2 atom stereocenters. The molecule has 6 heteroatoms. The van der Waals surface area contributed by atoms with E-state index in [4.69, 9.17) is 9.47 Å². The molecule has 3 rings (SSSR count). The van der Waals surface area contributed by atoms with Crippen LogP contribution >= 0.6 is 0 Å². The van der Waals surface area contributed by atoms with Crippen molar-refractivity contribution in [1.29, 1.82) is 0 Å². The largest absolute Gasteiger partial charge is 0.481 e. The van der Waals surface area contributed by atoms with E-state index in [1.807, 2.05) is 51.2 Å². The monoisotopic (exact) mass is 369 g/mol. The molecule has 27 heavy (non-hydrogen) atoms. The number of nitrogens with one attached hydrogen (secondary N) is 1. The topological polar surface area (TPSA) is 63.7 Å². The highest BCUT2D eigenvalue weighted by Crippen LogP contribution is 2.25. The van der Waals surface area contributed by atoms with Gasteiger partial charge in [0.05, 0.1) is 19.3 Å². The average molecular weight is 369 g/mol. The molecule has 6 nitrogen and oxygen atoms in total. The fraction of sp³-hybridized carbons (Fsp3) is 0.429. The molecule has 1 aliphatic heterocycles. The second-order valence-corrected chi connectivity index (χ2v) is 6.91.